The van der Waals surface area contributed by atoms with Crippen LogP contribution in [-0.2, 0) is 6.54 Å². The molecule has 6 heteroatoms. The van der Waals surface area contributed by atoms with Crippen LogP contribution in [0.1, 0.15) is 48.6 Å². The molecule has 1 atom stereocenters. The Labute approximate surface area is 146 Å². The lowest BCUT2D eigenvalue weighted by Gasteiger charge is -2.25. The smallest absolute Gasteiger partial charge is 0.315 e. The summed E-state index contributed by atoms with van der Waals surface area (Å²) >= 11 is 6.13. The van der Waals surface area contributed by atoms with Crippen LogP contribution in [0.5, 0.6) is 0 Å². The van der Waals surface area contributed by atoms with Crippen LogP contribution >= 0.6 is 11.6 Å². The summed E-state index contributed by atoms with van der Waals surface area (Å²) in [4.78, 5) is 12.4. The molecule has 1 aliphatic rings. The Hall–Kier alpha value is -2.01. The first kappa shape index (κ1) is 16.8. The highest BCUT2D eigenvalue weighted by Gasteiger charge is 2.27. The van der Waals surface area contributed by atoms with Gasteiger partial charge in [0.2, 0.25) is 0 Å². The molecule has 0 aliphatic heterocycles. The van der Waals surface area contributed by atoms with Gasteiger partial charge in [-0.15, -0.1) is 0 Å². The maximum absolute atomic E-state index is 12.4. The highest BCUT2D eigenvalue weighted by molar-refractivity contribution is 6.30. The van der Waals surface area contributed by atoms with E-state index in [1.165, 1.54) is 12.8 Å². The Morgan fingerprint density at radius 1 is 1.42 bits per heavy atom. The fourth-order valence-corrected chi connectivity index (χ4v) is 3.52. The van der Waals surface area contributed by atoms with Crippen molar-refractivity contribution in [3.05, 3.63) is 52.4 Å². The molecule has 1 heterocycles. The van der Waals surface area contributed by atoms with Crippen molar-refractivity contribution < 1.29 is 9.32 Å². The molecule has 0 saturated heterocycles. The SMILES string of the molecule is Cc1oncc1CNC(=O)NC(c1cccc(Cl)c1)C1CCCC1. The number of amides is 2. The van der Waals surface area contributed by atoms with Crippen molar-refractivity contribution in [2.24, 2.45) is 5.92 Å². The maximum Gasteiger partial charge on any atom is 0.315 e. The molecule has 2 N–H and O–H groups in total. The quantitative estimate of drug-likeness (QED) is 0.844. The van der Waals surface area contributed by atoms with Gasteiger partial charge in [-0.05, 0) is 43.4 Å². The van der Waals surface area contributed by atoms with Gasteiger partial charge in [0, 0.05) is 17.1 Å². The Kier molecular flexibility index (Phi) is 5.41. The highest BCUT2D eigenvalue weighted by atomic mass is 35.5. The van der Waals surface area contributed by atoms with Crippen LogP contribution in [0.4, 0.5) is 4.79 Å². The molecule has 1 aromatic heterocycles. The fourth-order valence-electron chi connectivity index (χ4n) is 3.32. The maximum atomic E-state index is 12.4. The van der Waals surface area contributed by atoms with E-state index in [0.717, 1.165) is 29.7 Å². The monoisotopic (exact) mass is 347 g/mol. The molecule has 5 nitrogen and oxygen atoms in total. The Morgan fingerprint density at radius 2 is 2.21 bits per heavy atom. The molecule has 2 aromatic rings. The van der Waals surface area contributed by atoms with E-state index in [9.17, 15) is 4.79 Å². The number of hydrogen-bond donors (Lipinski definition) is 2. The van der Waals surface area contributed by atoms with E-state index in [4.69, 9.17) is 16.1 Å². The number of carbonyl (C=O) groups is 1. The van der Waals surface area contributed by atoms with Crippen LogP contribution in [0.15, 0.2) is 35.0 Å². The fraction of sp³-hybridized carbons (Fsp3) is 0.444. The molecule has 2 amide bonds. The van der Waals surface area contributed by atoms with Gasteiger partial charge in [0.1, 0.15) is 5.76 Å². The molecular formula is C18H22ClN3O2. The summed E-state index contributed by atoms with van der Waals surface area (Å²) in [5.74, 6) is 1.17. The molecule has 1 aliphatic carbocycles. The lowest BCUT2D eigenvalue weighted by atomic mass is 9.92. The lowest BCUT2D eigenvalue weighted by Crippen LogP contribution is -2.40. The van der Waals surface area contributed by atoms with Gasteiger partial charge in [0.05, 0.1) is 12.2 Å². The molecule has 0 bridgehead atoms. The highest BCUT2D eigenvalue weighted by Crippen LogP contribution is 2.36. The van der Waals surface area contributed by atoms with Crippen molar-refractivity contribution >= 4 is 17.6 Å². The van der Waals surface area contributed by atoms with E-state index in [-0.39, 0.29) is 12.1 Å². The molecule has 1 saturated carbocycles. The van der Waals surface area contributed by atoms with Gasteiger partial charge < -0.3 is 15.2 Å². The summed E-state index contributed by atoms with van der Waals surface area (Å²) < 4.78 is 5.01. The third-order valence-corrected chi connectivity index (χ3v) is 4.89. The van der Waals surface area contributed by atoms with Gasteiger partial charge in [0.25, 0.3) is 0 Å². The van der Waals surface area contributed by atoms with Crippen molar-refractivity contribution in [1.29, 1.82) is 0 Å². The first-order valence-electron chi connectivity index (χ1n) is 8.33. The Balaban J connectivity index is 1.67. The minimum absolute atomic E-state index is 0.0187. The first-order chi connectivity index (χ1) is 11.6. The summed E-state index contributed by atoms with van der Waals surface area (Å²) in [6, 6.07) is 7.54. The summed E-state index contributed by atoms with van der Waals surface area (Å²) in [6.45, 7) is 2.23. The van der Waals surface area contributed by atoms with E-state index in [2.05, 4.69) is 15.8 Å². The topological polar surface area (TPSA) is 67.2 Å². The van der Waals surface area contributed by atoms with E-state index in [1.807, 2.05) is 31.2 Å². The van der Waals surface area contributed by atoms with Crippen LogP contribution in [0, 0.1) is 12.8 Å². The van der Waals surface area contributed by atoms with Crippen molar-refractivity contribution in [2.45, 2.75) is 45.2 Å². The second-order valence-corrected chi connectivity index (χ2v) is 6.75. The van der Waals surface area contributed by atoms with Crippen molar-refractivity contribution in [3.8, 4) is 0 Å². The lowest BCUT2D eigenvalue weighted by molar-refractivity contribution is 0.230. The van der Waals surface area contributed by atoms with E-state index in [0.29, 0.717) is 17.5 Å². The summed E-state index contributed by atoms with van der Waals surface area (Å²) in [7, 11) is 0. The Bertz CT molecular complexity index is 695. The zero-order valence-corrected chi connectivity index (χ0v) is 14.5. The first-order valence-corrected chi connectivity index (χ1v) is 8.71. The molecule has 24 heavy (non-hydrogen) atoms. The van der Waals surface area contributed by atoms with Gasteiger partial charge in [-0.25, -0.2) is 4.79 Å². The predicted molar refractivity (Wildman–Crippen MR) is 92.8 cm³/mol. The number of rotatable bonds is 5. The largest absolute Gasteiger partial charge is 0.361 e. The average molecular weight is 348 g/mol. The second kappa shape index (κ2) is 7.71. The summed E-state index contributed by atoms with van der Waals surface area (Å²) in [5.41, 5.74) is 1.94. The molecule has 1 fully saturated rings. The van der Waals surface area contributed by atoms with Gasteiger partial charge in [0.15, 0.2) is 0 Å². The normalized spacial score (nSPS) is 16.1. The van der Waals surface area contributed by atoms with Gasteiger partial charge in [-0.3, -0.25) is 0 Å². The number of nitrogens with zero attached hydrogens (tertiary/aromatic N) is 1. The number of nitrogens with one attached hydrogen (secondary N) is 2. The third-order valence-electron chi connectivity index (χ3n) is 4.66. The van der Waals surface area contributed by atoms with E-state index >= 15 is 0 Å². The van der Waals surface area contributed by atoms with E-state index < -0.39 is 0 Å². The number of aryl methyl sites for hydroxylation is 1. The molecule has 3 rings (SSSR count). The van der Waals surface area contributed by atoms with Crippen LogP contribution < -0.4 is 10.6 Å². The number of carbonyl (C=O) groups excluding carboxylic acids is 1. The van der Waals surface area contributed by atoms with Crippen molar-refractivity contribution in [3.63, 3.8) is 0 Å². The van der Waals surface area contributed by atoms with Crippen LogP contribution in [-0.4, -0.2) is 11.2 Å². The molecule has 1 aromatic carbocycles. The summed E-state index contributed by atoms with van der Waals surface area (Å²) in [6.07, 6.45) is 6.31. The number of aromatic nitrogens is 1. The number of halogens is 1. The molecule has 128 valence electrons. The number of benzene rings is 1. The zero-order chi connectivity index (χ0) is 16.9. The minimum Gasteiger partial charge on any atom is -0.361 e. The standard InChI is InChI=1S/C18H22ClN3O2/c1-12-15(11-21-24-12)10-20-18(23)22-17(13-5-2-3-6-13)14-7-4-8-16(19)9-14/h4,7-9,11,13,17H,2-3,5-6,10H2,1H3,(H2,20,22,23). The molecule has 0 spiro atoms. The molecular weight excluding hydrogens is 326 g/mol. The van der Waals surface area contributed by atoms with Gasteiger partial charge in [-0.2, -0.15) is 0 Å². The van der Waals surface area contributed by atoms with Crippen LogP contribution in [0.2, 0.25) is 5.02 Å². The third kappa shape index (κ3) is 4.09. The van der Waals surface area contributed by atoms with Crippen LogP contribution in [0.25, 0.3) is 0 Å². The zero-order valence-electron chi connectivity index (χ0n) is 13.7. The Morgan fingerprint density at radius 3 is 2.88 bits per heavy atom. The average Bonchev–Trinajstić information content (AvgIpc) is 3.22. The predicted octanol–water partition coefficient (Wildman–Crippen LogP) is 4.37. The van der Waals surface area contributed by atoms with Gasteiger partial charge in [-0.1, -0.05) is 41.7 Å². The minimum atomic E-state index is -0.188. The molecule has 0 radical (unpaired) electrons. The van der Waals surface area contributed by atoms with Crippen LogP contribution in [0.3, 0.4) is 0 Å². The van der Waals surface area contributed by atoms with E-state index in [1.54, 1.807) is 6.20 Å². The number of hydrogen-bond acceptors (Lipinski definition) is 3. The van der Waals surface area contributed by atoms with Crippen molar-refractivity contribution in [1.82, 2.24) is 15.8 Å². The molecule has 1 unspecified atom stereocenters. The van der Waals surface area contributed by atoms with Gasteiger partial charge >= 0.3 is 6.03 Å². The van der Waals surface area contributed by atoms with Crippen molar-refractivity contribution in [2.75, 3.05) is 0 Å². The summed E-state index contributed by atoms with van der Waals surface area (Å²) in [5, 5.41) is 10.4. The second-order valence-electron chi connectivity index (χ2n) is 6.31. The number of urea groups is 1.